The fourth-order valence-corrected chi connectivity index (χ4v) is 15.3. The van der Waals surface area contributed by atoms with E-state index >= 15 is 0 Å². The molecule has 0 amide bonds. The summed E-state index contributed by atoms with van der Waals surface area (Å²) in [6.45, 7) is 74.7. The lowest BCUT2D eigenvalue weighted by molar-refractivity contribution is 0.319. The van der Waals surface area contributed by atoms with Crippen LogP contribution in [0.15, 0.2) is 279 Å². The van der Waals surface area contributed by atoms with Crippen LogP contribution in [0.2, 0.25) is 0 Å². The molecule has 0 aliphatic heterocycles. The monoisotopic (exact) mass is 1750 g/mol. The van der Waals surface area contributed by atoms with Gasteiger partial charge in [-0.1, -0.05) is 509 Å². The van der Waals surface area contributed by atoms with Gasteiger partial charge in [0, 0.05) is 0 Å². The summed E-state index contributed by atoms with van der Waals surface area (Å²) in [5, 5.41) is 10.8. The van der Waals surface area contributed by atoms with Gasteiger partial charge in [-0.2, -0.15) is 0 Å². The van der Waals surface area contributed by atoms with Crippen molar-refractivity contribution in [2.45, 2.75) is 358 Å². The zero-order chi connectivity index (χ0) is 98.3. The van der Waals surface area contributed by atoms with Crippen molar-refractivity contribution in [3.63, 3.8) is 0 Å². The van der Waals surface area contributed by atoms with Crippen molar-refractivity contribution in [2.24, 2.45) is 5.92 Å². The molecule has 0 bridgehead atoms. The van der Waals surface area contributed by atoms with Gasteiger partial charge in [0.15, 0.2) is 0 Å². The largest absolute Gasteiger partial charge is 0.0683 e. The Hall–Kier alpha value is -9.88. The molecule has 0 heteroatoms. The van der Waals surface area contributed by atoms with Gasteiger partial charge in [0.25, 0.3) is 0 Å². The number of aryl methyl sites for hydroxylation is 9. The van der Waals surface area contributed by atoms with E-state index in [0.717, 1.165) is 82.5 Å². The summed E-state index contributed by atoms with van der Waals surface area (Å²) in [5.41, 5.74) is 30.5. The quantitative estimate of drug-likeness (QED) is 0.0593. The Bertz CT molecular complexity index is 4770. The van der Waals surface area contributed by atoms with Gasteiger partial charge in [-0.25, -0.2) is 0 Å². The summed E-state index contributed by atoms with van der Waals surface area (Å²) in [4.78, 5) is 0. The lowest BCUT2D eigenvalue weighted by Crippen LogP contribution is -2.12. The maximum atomic E-state index is 2.38. The molecule has 1 aliphatic carbocycles. The molecule has 708 valence electrons. The van der Waals surface area contributed by atoms with Gasteiger partial charge < -0.3 is 0 Å². The average molecular weight is 1750 g/mol. The molecule has 14 aromatic rings. The van der Waals surface area contributed by atoms with E-state index in [2.05, 4.69) is 362 Å². The van der Waals surface area contributed by atoms with Crippen LogP contribution in [0, 0.1) is 19.8 Å². The summed E-state index contributed by atoms with van der Waals surface area (Å²) in [6.07, 6.45) is 18.9. The maximum absolute atomic E-state index is 2.38. The van der Waals surface area contributed by atoms with Gasteiger partial charge in [0.1, 0.15) is 0 Å². The first-order valence-electron chi connectivity index (χ1n) is 52.4. The Morgan fingerprint density at radius 2 is 0.431 bits per heavy atom. The Morgan fingerprint density at radius 1 is 0.192 bits per heavy atom. The highest BCUT2D eigenvalue weighted by atomic mass is 14.3. The Kier molecular flexibility index (Phi) is 71.2. The molecule has 0 spiro atoms. The zero-order valence-electron chi connectivity index (χ0n) is 90.0. The summed E-state index contributed by atoms with van der Waals surface area (Å²) < 4.78 is 0. The summed E-state index contributed by atoms with van der Waals surface area (Å²) in [6, 6.07) is 104. The van der Waals surface area contributed by atoms with Gasteiger partial charge in [-0.15, -0.1) is 0 Å². The molecule has 15 rings (SSSR count). The molecule has 1 saturated carbocycles. The molecule has 0 atom stereocenters. The van der Waals surface area contributed by atoms with E-state index in [1.54, 1.807) is 5.56 Å². The van der Waals surface area contributed by atoms with Crippen LogP contribution in [0.1, 0.15) is 362 Å². The first-order valence-corrected chi connectivity index (χ1v) is 52.4. The van der Waals surface area contributed by atoms with Crippen LogP contribution in [0.25, 0.3) is 76.5 Å². The number of hydrogen-bond acceptors (Lipinski definition) is 0. The minimum Gasteiger partial charge on any atom is -0.0683 e. The molecule has 0 N–H and O–H groups in total. The highest BCUT2D eigenvalue weighted by molar-refractivity contribution is 6.08. The van der Waals surface area contributed by atoms with E-state index in [0.29, 0.717) is 0 Å². The van der Waals surface area contributed by atoms with Crippen LogP contribution in [-0.4, -0.2) is 0 Å². The molecular formula is C130H188. The van der Waals surface area contributed by atoms with Gasteiger partial charge in [-0.3, -0.25) is 0 Å². The third-order valence-electron chi connectivity index (χ3n) is 22.9. The van der Waals surface area contributed by atoms with E-state index in [4.69, 9.17) is 0 Å². The first-order chi connectivity index (χ1) is 63.8. The van der Waals surface area contributed by atoms with Crippen LogP contribution >= 0.6 is 0 Å². The SMILES string of the molecule is CC.CC.CC.CC.CC.CC.CC.CC.CC.CC.CC.CC.CCc1ccc(-c2ccc(-c3ccc(CC)cc3)cc2)cc1.CCc1ccc(-c2ccc(C3CCC(CC)CC3)cc2)c(C)c1C.CCc1ccc(Cc2ccc(Cc3ccc(CC)cc3)cc2)cc1.CCc1ccc2c(ccc3cc(CC)ccc32)c1.CCc1ccc2cc3cc(CC)ccc3cc2c1. The predicted molar refractivity (Wildman–Crippen MR) is 602 cm³/mol. The first kappa shape index (κ1) is 122. The molecule has 1 fully saturated rings. The van der Waals surface area contributed by atoms with E-state index in [1.807, 2.05) is 166 Å². The van der Waals surface area contributed by atoms with Gasteiger partial charge in [0.05, 0.1) is 0 Å². The van der Waals surface area contributed by atoms with Crippen LogP contribution in [0.5, 0.6) is 0 Å². The standard InChI is InChI=1S/C24H32.C24H26.C22H22.2C18H18.12C2H6/c1-5-19-7-9-21(10-8-19)22-11-13-23(14-12-22)24-16-15-20(6-2)17(3)18(24)4;1-3-19-5-9-21(10-6-19)17-23-13-15-24(16-14-23)18-22-11-7-20(4-2)8-12-22;1-3-17-5-9-19(10-6-17)21-13-15-22(16-14-21)20-11-7-18(4-2)8-12-20;1-3-13-5-9-17-15(11-13)7-8-16-12-14(4-2)6-10-18(16)17;1-3-13-5-7-15-12-18-10-14(4-2)6-8-16(18)11-17(15)9-13;12*1-2/h11-16,19,21H,5-10H2,1-4H3;5-16H,3-4,17-18H2,1-2H3;5-16H,3-4H2,1-2H3;2*5-12H,3-4H2,1-2H3;12*1-2H3. The Morgan fingerprint density at radius 3 is 0.708 bits per heavy atom. The topological polar surface area (TPSA) is 0 Å². The minimum absolute atomic E-state index is 0.784. The summed E-state index contributed by atoms with van der Waals surface area (Å²) >= 11 is 0. The second kappa shape index (κ2) is 75.8. The van der Waals surface area contributed by atoms with Crippen LogP contribution < -0.4 is 0 Å². The normalized spacial score (nSPS) is 11.3. The van der Waals surface area contributed by atoms with Crippen molar-refractivity contribution in [1.82, 2.24) is 0 Å². The summed E-state index contributed by atoms with van der Waals surface area (Å²) in [7, 11) is 0. The third kappa shape index (κ3) is 40.5. The van der Waals surface area contributed by atoms with Crippen LogP contribution in [0.4, 0.5) is 0 Å². The van der Waals surface area contributed by atoms with Crippen LogP contribution in [-0.2, 0) is 70.6 Å². The third-order valence-corrected chi connectivity index (χ3v) is 22.9. The highest BCUT2D eigenvalue weighted by Gasteiger charge is 2.22. The predicted octanol–water partition coefficient (Wildman–Crippen LogP) is 41.9. The number of benzene rings is 14. The van der Waals surface area contributed by atoms with Crippen molar-refractivity contribution >= 4 is 43.1 Å². The molecule has 130 heavy (non-hydrogen) atoms. The minimum atomic E-state index is 0.784. The van der Waals surface area contributed by atoms with Crippen molar-refractivity contribution in [1.29, 1.82) is 0 Å². The van der Waals surface area contributed by atoms with E-state index in [9.17, 15) is 0 Å². The lowest BCUT2D eigenvalue weighted by atomic mass is 9.77. The lowest BCUT2D eigenvalue weighted by Gasteiger charge is -2.28. The second-order valence-electron chi connectivity index (χ2n) is 29.6. The number of hydrogen-bond donors (Lipinski definition) is 0. The Balaban J connectivity index is 0. The van der Waals surface area contributed by atoms with Gasteiger partial charge >= 0.3 is 0 Å². The van der Waals surface area contributed by atoms with Gasteiger partial charge in [0.2, 0.25) is 0 Å². The molecule has 0 radical (unpaired) electrons. The highest BCUT2D eigenvalue weighted by Crippen LogP contribution is 2.39. The number of fused-ring (bicyclic) bond motifs is 5. The second-order valence-corrected chi connectivity index (χ2v) is 29.6. The fraction of sp³-hybridized carbons (Fsp3) is 0.415. The molecule has 0 aromatic heterocycles. The molecule has 14 aromatic carbocycles. The van der Waals surface area contributed by atoms with Gasteiger partial charge in [-0.05, 0) is 300 Å². The molecule has 0 nitrogen and oxygen atoms in total. The molecule has 1 aliphatic rings. The Labute approximate surface area is 802 Å². The van der Waals surface area contributed by atoms with Crippen molar-refractivity contribution in [2.75, 3.05) is 0 Å². The van der Waals surface area contributed by atoms with Crippen molar-refractivity contribution < 1.29 is 0 Å². The van der Waals surface area contributed by atoms with E-state index < -0.39 is 0 Å². The molecular weight excluding hydrogens is 1560 g/mol. The van der Waals surface area contributed by atoms with Crippen LogP contribution in [0.3, 0.4) is 0 Å². The molecule has 0 saturated heterocycles. The molecule has 0 heterocycles. The summed E-state index contributed by atoms with van der Waals surface area (Å²) in [5.74, 6) is 1.76. The zero-order valence-corrected chi connectivity index (χ0v) is 90.0. The number of rotatable bonds is 18. The smallest absolute Gasteiger partial charge is 0.00258 e. The van der Waals surface area contributed by atoms with E-state index in [1.165, 1.54) is 192 Å². The molecule has 0 unspecified atom stereocenters. The maximum Gasteiger partial charge on any atom is -0.00258 e. The average Bonchev–Trinajstić information content (AvgIpc) is 0.763. The van der Waals surface area contributed by atoms with E-state index in [-0.39, 0.29) is 0 Å². The fourth-order valence-electron chi connectivity index (χ4n) is 15.3. The van der Waals surface area contributed by atoms with Crippen molar-refractivity contribution in [3.8, 4) is 33.4 Å². The van der Waals surface area contributed by atoms with Crippen molar-refractivity contribution in [3.05, 3.63) is 368 Å².